The van der Waals surface area contributed by atoms with Gasteiger partial charge in [-0.1, -0.05) is 12.1 Å². The van der Waals surface area contributed by atoms with Gasteiger partial charge >= 0.3 is 0 Å². The molecule has 0 saturated carbocycles. The van der Waals surface area contributed by atoms with Crippen LogP contribution in [0, 0.1) is 6.92 Å². The fourth-order valence-corrected chi connectivity index (χ4v) is 1.91. The predicted molar refractivity (Wildman–Crippen MR) is 73.8 cm³/mol. The van der Waals surface area contributed by atoms with Crippen molar-refractivity contribution in [2.45, 2.75) is 13.8 Å². The van der Waals surface area contributed by atoms with E-state index in [0.29, 0.717) is 5.56 Å². The monoisotopic (exact) mass is 257 g/mol. The van der Waals surface area contributed by atoms with Crippen molar-refractivity contribution in [3.63, 3.8) is 0 Å². The maximum absolute atomic E-state index is 11.2. The largest absolute Gasteiger partial charge is 0.366 e. The molecular formula is C14H15N3O2. The number of aryl methyl sites for hydroxylation is 1. The van der Waals surface area contributed by atoms with Crippen molar-refractivity contribution in [3.8, 4) is 11.3 Å². The van der Waals surface area contributed by atoms with Gasteiger partial charge in [0.25, 0.3) is 5.91 Å². The van der Waals surface area contributed by atoms with Crippen LogP contribution in [0.4, 0.5) is 5.69 Å². The zero-order chi connectivity index (χ0) is 14.0. The minimum Gasteiger partial charge on any atom is -0.366 e. The summed E-state index contributed by atoms with van der Waals surface area (Å²) < 4.78 is 0. The molecule has 0 aliphatic rings. The average Bonchev–Trinajstić information content (AvgIpc) is 2.71. The number of aromatic nitrogens is 1. The second kappa shape index (κ2) is 4.97. The summed E-state index contributed by atoms with van der Waals surface area (Å²) in [5.41, 5.74) is 8.98. The lowest BCUT2D eigenvalue weighted by Gasteiger charge is -2.03. The van der Waals surface area contributed by atoms with Crippen LogP contribution >= 0.6 is 0 Å². The van der Waals surface area contributed by atoms with E-state index in [1.807, 2.05) is 12.1 Å². The Bertz CT molecular complexity index is 627. The molecule has 0 aliphatic carbocycles. The number of carbonyl (C=O) groups excluding carboxylic acids is 2. The molecule has 0 spiro atoms. The Labute approximate surface area is 110 Å². The Morgan fingerprint density at radius 3 is 2.32 bits per heavy atom. The molecular weight excluding hydrogens is 242 g/mol. The Morgan fingerprint density at radius 2 is 1.84 bits per heavy atom. The Hall–Kier alpha value is -2.56. The Kier molecular flexibility index (Phi) is 3.37. The summed E-state index contributed by atoms with van der Waals surface area (Å²) >= 11 is 0. The highest BCUT2D eigenvalue weighted by atomic mass is 16.1. The lowest BCUT2D eigenvalue weighted by Crippen LogP contribution is -2.10. The van der Waals surface area contributed by atoms with Crippen molar-refractivity contribution in [1.29, 1.82) is 0 Å². The molecule has 1 aromatic heterocycles. The maximum Gasteiger partial charge on any atom is 0.250 e. The minimum atomic E-state index is -0.449. The topological polar surface area (TPSA) is 88.0 Å². The molecule has 0 unspecified atom stereocenters. The molecule has 0 fully saturated rings. The van der Waals surface area contributed by atoms with Crippen LogP contribution in [0.2, 0.25) is 0 Å². The van der Waals surface area contributed by atoms with Gasteiger partial charge in [-0.2, -0.15) is 0 Å². The molecule has 0 atom stereocenters. The van der Waals surface area contributed by atoms with Gasteiger partial charge in [-0.05, 0) is 30.7 Å². The third-order valence-electron chi connectivity index (χ3n) is 2.80. The molecule has 0 saturated heterocycles. The lowest BCUT2D eigenvalue weighted by atomic mass is 10.1. The molecule has 0 aliphatic heterocycles. The SMILES string of the molecule is CC(=O)Nc1ccc(-c2cc(C(N)=O)c(C)[nH]2)cc1. The summed E-state index contributed by atoms with van der Waals surface area (Å²) in [5.74, 6) is -0.561. The first-order valence-electron chi connectivity index (χ1n) is 5.85. The molecule has 1 aromatic carbocycles. The number of primary amides is 1. The fourth-order valence-electron chi connectivity index (χ4n) is 1.91. The average molecular weight is 257 g/mol. The van der Waals surface area contributed by atoms with Gasteiger partial charge in [-0.15, -0.1) is 0 Å². The predicted octanol–water partition coefficient (Wildman–Crippen LogP) is 2.05. The summed E-state index contributed by atoms with van der Waals surface area (Å²) in [7, 11) is 0. The van der Waals surface area contributed by atoms with E-state index < -0.39 is 5.91 Å². The van der Waals surface area contributed by atoms with Gasteiger partial charge < -0.3 is 16.0 Å². The first kappa shape index (κ1) is 12.9. The molecule has 19 heavy (non-hydrogen) atoms. The van der Waals surface area contributed by atoms with Crippen molar-refractivity contribution in [2.24, 2.45) is 5.73 Å². The summed E-state index contributed by atoms with van der Waals surface area (Å²) in [6.07, 6.45) is 0. The molecule has 2 aromatic rings. The summed E-state index contributed by atoms with van der Waals surface area (Å²) in [6, 6.07) is 9.06. The van der Waals surface area contributed by atoms with E-state index in [-0.39, 0.29) is 5.91 Å². The number of H-pyrrole nitrogens is 1. The fraction of sp³-hybridized carbons (Fsp3) is 0.143. The number of rotatable bonds is 3. The van der Waals surface area contributed by atoms with E-state index in [0.717, 1.165) is 22.6 Å². The highest BCUT2D eigenvalue weighted by molar-refractivity contribution is 5.95. The lowest BCUT2D eigenvalue weighted by molar-refractivity contribution is -0.114. The molecule has 4 N–H and O–H groups in total. The third-order valence-corrected chi connectivity index (χ3v) is 2.80. The van der Waals surface area contributed by atoms with E-state index >= 15 is 0 Å². The summed E-state index contributed by atoms with van der Waals surface area (Å²) in [6.45, 7) is 3.26. The standard InChI is InChI=1S/C14H15N3O2/c1-8-12(14(15)19)7-13(16-8)10-3-5-11(6-4-10)17-9(2)18/h3-7,16H,1-2H3,(H2,15,19)(H,17,18). The molecule has 2 amide bonds. The number of nitrogens with one attached hydrogen (secondary N) is 2. The number of hydrogen-bond donors (Lipinski definition) is 3. The summed E-state index contributed by atoms with van der Waals surface area (Å²) in [4.78, 5) is 25.2. The van der Waals surface area contributed by atoms with E-state index in [9.17, 15) is 9.59 Å². The number of amides is 2. The van der Waals surface area contributed by atoms with Crippen LogP contribution in [-0.2, 0) is 4.79 Å². The van der Waals surface area contributed by atoms with Crippen molar-refractivity contribution in [3.05, 3.63) is 41.6 Å². The molecule has 1 heterocycles. The van der Waals surface area contributed by atoms with Gasteiger partial charge in [0.1, 0.15) is 0 Å². The van der Waals surface area contributed by atoms with E-state index in [2.05, 4.69) is 10.3 Å². The molecule has 5 heteroatoms. The van der Waals surface area contributed by atoms with Crippen LogP contribution in [0.15, 0.2) is 30.3 Å². The van der Waals surface area contributed by atoms with Crippen LogP contribution in [-0.4, -0.2) is 16.8 Å². The van der Waals surface area contributed by atoms with Gasteiger partial charge in [0.05, 0.1) is 5.56 Å². The van der Waals surface area contributed by atoms with Gasteiger partial charge in [0.15, 0.2) is 0 Å². The molecule has 0 radical (unpaired) electrons. The van der Waals surface area contributed by atoms with Crippen LogP contribution < -0.4 is 11.1 Å². The normalized spacial score (nSPS) is 10.2. The summed E-state index contributed by atoms with van der Waals surface area (Å²) in [5, 5.41) is 2.70. The zero-order valence-electron chi connectivity index (χ0n) is 10.8. The number of carbonyl (C=O) groups is 2. The number of anilines is 1. The minimum absolute atomic E-state index is 0.112. The zero-order valence-corrected chi connectivity index (χ0v) is 10.8. The first-order valence-corrected chi connectivity index (χ1v) is 5.85. The number of benzene rings is 1. The first-order chi connectivity index (χ1) is 8.97. The maximum atomic E-state index is 11.2. The van der Waals surface area contributed by atoms with Gasteiger partial charge in [0.2, 0.25) is 5.91 Å². The third kappa shape index (κ3) is 2.82. The molecule has 0 bridgehead atoms. The number of aromatic amines is 1. The van der Waals surface area contributed by atoms with Gasteiger partial charge in [-0.3, -0.25) is 9.59 Å². The van der Waals surface area contributed by atoms with Gasteiger partial charge in [-0.25, -0.2) is 0 Å². The number of nitrogens with two attached hydrogens (primary N) is 1. The van der Waals surface area contributed by atoms with Crippen molar-refractivity contribution in [2.75, 3.05) is 5.32 Å². The van der Waals surface area contributed by atoms with Crippen molar-refractivity contribution >= 4 is 17.5 Å². The second-order valence-corrected chi connectivity index (χ2v) is 4.34. The Balaban J connectivity index is 2.29. The van der Waals surface area contributed by atoms with Crippen molar-refractivity contribution < 1.29 is 9.59 Å². The van der Waals surface area contributed by atoms with Crippen LogP contribution in [0.5, 0.6) is 0 Å². The van der Waals surface area contributed by atoms with E-state index in [4.69, 9.17) is 5.73 Å². The molecule has 5 nitrogen and oxygen atoms in total. The van der Waals surface area contributed by atoms with Gasteiger partial charge in [0, 0.05) is 24.0 Å². The Morgan fingerprint density at radius 1 is 1.21 bits per heavy atom. The van der Waals surface area contributed by atoms with Crippen molar-refractivity contribution in [1.82, 2.24) is 4.98 Å². The van der Waals surface area contributed by atoms with E-state index in [1.54, 1.807) is 25.1 Å². The van der Waals surface area contributed by atoms with Crippen LogP contribution in [0.1, 0.15) is 23.0 Å². The second-order valence-electron chi connectivity index (χ2n) is 4.34. The van der Waals surface area contributed by atoms with Crippen LogP contribution in [0.25, 0.3) is 11.3 Å². The number of hydrogen-bond acceptors (Lipinski definition) is 2. The van der Waals surface area contributed by atoms with E-state index in [1.165, 1.54) is 6.92 Å². The molecule has 98 valence electrons. The molecule has 2 rings (SSSR count). The highest BCUT2D eigenvalue weighted by Crippen LogP contribution is 2.23. The van der Waals surface area contributed by atoms with Crippen LogP contribution in [0.3, 0.4) is 0 Å². The quantitative estimate of drug-likeness (QED) is 0.785. The highest BCUT2D eigenvalue weighted by Gasteiger charge is 2.10. The smallest absolute Gasteiger partial charge is 0.250 e.